The fourth-order valence-corrected chi connectivity index (χ4v) is 4.30. The quantitative estimate of drug-likeness (QED) is 0.548. The molecule has 1 aromatic heterocycles. The van der Waals surface area contributed by atoms with Crippen molar-refractivity contribution in [3.05, 3.63) is 93.5 Å². The molecule has 0 saturated carbocycles. The maximum Gasteiger partial charge on any atom is 0.141 e. The van der Waals surface area contributed by atoms with E-state index < -0.39 is 0 Å². The average Bonchev–Trinajstić information content (AvgIpc) is 3.03. The molecule has 0 saturated heterocycles. The monoisotopic (exact) mass is 382 g/mol. The summed E-state index contributed by atoms with van der Waals surface area (Å²) >= 11 is 6.03. The van der Waals surface area contributed by atoms with E-state index >= 15 is 0 Å². The lowest BCUT2D eigenvalue weighted by atomic mass is 9.95. The first-order chi connectivity index (χ1) is 13.0. The summed E-state index contributed by atoms with van der Waals surface area (Å²) in [4.78, 5) is 2.49. The minimum Gasteiger partial charge on any atom is -0.350 e. The summed E-state index contributed by atoms with van der Waals surface area (Å²) in [5.41, 5.74) is 6.25. The van der Waals surface area contributed by atoms with Crippen molar-refractivity contribution in [2.75, 3.05) is 6.54 Å². The fourth-order valence-electron chi connectivity index (χ4n) is 4.09. The molecule has 0 radical (unpaired) electrons. The van der Waals surface area contributed by atoms with Crippen molar-refractivity contribution in [1.29, 1.82) is 0 Å². The number of aryl methyl sites for hydroxylation is 3. The molecule has 0 N–H and O–H groups in total. The lowest BCUT2D eigenvalue weighted by molar-refractivity contribution is 0.219. The van der Waals surface area contributed by atoms with Crippen LogP contribution in [0.4, 0.5) is 4.39 Å². The number of hydrogen-bond donors (Lipinski definition) is 0. The van der Waals surface area contributed by atoms with Gasteiger partial charge in [0, 0.05) is 31.5 Å². The Morgan fingerprint density at radius 2 is 1.93 bits per heavy atom. The zero-order chi connectivity index (χ0) is 19.0. The van der Waals surface area contributed by atoms with Crippen molar-refractivity contribution < 1.29 is 4.39 Å². The van der Waals surface area contributed by atoms with Gasteiger partial charge < -0.3 is 4.57 Å². The first-order valence-electron chi connectivity index (χ1n) is 9.43. The summed E-state index contributed by atoms with van der Waals surface area (Å²) in [6, 6.07) is 16.2. The Bertz CT molecular complexity index is 963. The molecule has 0 spiro atoms. The van der Waals surface area contributed by atoms with E-state index in [1.807, 2.05) is 6.07 Å². The zero-order valence-corrected chi connectivity index (χ0v) is 16.5. The number of halogens is 2. The topological polar surface area (TPSA) is 8.17 Å². The Kier molecular flexibility index (Phi) is 5.07. The van der Waals surface area contributed by atoms with Gasteiger partial charge in [-0.3, -0.25) is 4.90 Å². The van der Waals surface area contributed by atoms with Crippen molar-refractivity contribution in [3.8, 4) is 0 Å². The van der Waals surface area contributed by atoms with Crippen LogP contribution in [0, 0.1) is 19.7 Å². The van der Waals surface area contributed by atoms with Crippen LogP contribution in [-0.2, 0) is 13.1 Å². The number of nitrogens with zero attached hydrogens (tertiary/aromatic N) is 2. The third-order valence-electron chi connectivity index (χ3n) is 5.45. The van der Waals surface area contributed by atoms with Crippen LogP contribution < -0.4 is 0 Å². The first kappa shape index (κ1) is 18.3. The molecule has 0 aliphatic carbocycles. The van der Waals surface area contributed by atoms with Gasteiger partial charge in [0.25, 0.3) is 0 Å². The van der Waals surface area contributed by atoms with E-state index in [2.05, 4.69) is 59.8 Å². The Balaban J connectivity index is 1.78. The van der Waals surface area contributed by atoms with Gasteiger partial charge in [-0.05, 0) is 61.2 Å². The maximum absolute atomic E-state index is 13.6. The molecule has 3 aromatic rings. The highest BCUT2D eigenvalue weighted by atomic mass is 35.5. The molecule has 0 fully saturated rings. The van der Waals surface area contributed by atoms with Crippen LogP contribution in [0.5, 0.6) is 0 Å². The van der Waals surface area contributed by atoms with Crippen LogP contribution in [-0.4, -0.2) is 16.0 Å². The standard InChI is InChI=1S/C23H24ClFN2/c1-16-6-7-17(2)19(13-16)23-22-5-3-10-26(22)11-4-12-27(23)15-18-8-9-21(25)20(24)14-18/h3,5-10,13-14,23H,4,11-12,15H2,1-2H3/t23-/m1/s1. The van der Waals surface area contributed by atoms with Gasteiger partial charge in [-0.25, -0.2) is 4.39 Å². The van der Waals surface area contributed by atoms with E-state index in [1.165, 1.54) is 28.5 Å². The minimum atomic E-state index is -0.365. The van der Waals surface area contributed by atoms with Gasteiger partial charge in [-0.2, -0.15) is 0 Å². The molecule has 4 rings (SSSR count). The second-order valence-electron chi connectivity index (χ2n) is 7.46. The Hall–Kier alpha value is -2.10. The second-order valence-corrected chi connectivity index (χ2v) is 7.87. The van der Waals surface area contributed by atoms with Crippen LogP contribution >= 0.6 is 11.6 Å². The summed E-state index contributed by atoms with van der Waals surface area (Å²) < 4.78 is 16.0. The van der Waals surface area contributed by atoms with Gasteiger partial charge in [0.15, 0.2) is 0 Å². The molecule has 140 valence electrons. The number of hydrogen-bond acceptors (Lipinski definition) is 1. The van der Waals surface area contributed by atoms with Crippen LogP contribution in [0.2, 0.25) is 5.02 Å². The molecule has 4 heteroatoms. The Morgan fingerprint density at radius 3 is 2.74 bits per heavy atom. The van der Waals surface area contributed by atoms with E-state index in [4.69, 9.17) is 11.6 Å². The summed E-state index contributed by atoms with van der Waals surface area (Å²) in [6.45, 7) is 7.06. The predicted octanol–water partition coefficient (Wildman–Crippen LogP) is 5.89. The second kappa shape index (κ2) is 7.49. The lowest BCUT2D eigenvalue weighted by Gasteiger charge is -2.32. The van der Waals surface area contributed by atoms with Gasteiger partial charge in [0.05, 0.1) is 11.1 Å². The van der Waals surface area contributed by atoms with Crippen molar-refractivity contribution in [3.63, 3.8) is 0 Å². The summed E-state index contributed by atoms with van der Waals surface area (Å²) in [7, 11) is 0. The molecule has 1 atom stereocenters. The molecule has 0 amide bonds. The van der Waals surface area contributed by atoms with Gasteiger partial charge in [0.2, 0.25) is 0 Å². The van der Waals surface area contributed by atoms with E-state index in [0.29, 0.717) is 0 Å². The number of benzene rings is 2. The Labute approximate surface area is 165 Å². The zero-order valence-electron chi connectivity index (χ0n) is 15.8. The predicted molar refractivity (Wildman–Crippen MR) is 109 cm³/mol. The molecule has 1 aliphatic heterocycles. The van der Waals surface area contributed by atoms with Crippen molar-refractivity contribution >= 4 is 11.6 Å². The molecule has 2 heterocycles. The average molecular weight is 383 g/mol. The summed E-state index contributed by atoms with van der Waals surface area (Å²) in [5, 5.41) is 0.189. The van der Waals surface area contributed by atoms with Gasteiger partial charge in [-0.15, -0.1) is 0 Å². The van der Waals surface area contributed by atoms with Crippen LogP contribution in [0.1, 0.15) is 40.4 Å². The highest BCUT2D eigenvalue weighted by Crippen LogP contribution is 2.35. The fraction of sp³-hybridized carbons (Fsp3) is 0.304. The molecular weight excluding hydrogens is 359 g/mol. The van der Waals surface area contributed by atoms with Crippen molar-refractivity contribution in [2.45, 2.75) is 39.4 Å². The number of fused-ring (bicyclic) bond motifs is 1. The summed E-state index contributed by atoms with van der Waals surface area (Å²) in [6.07, 6.45) is 3.25. The van der Waals surface area contributed by atoms with Crippen LogP contribution in [0.3, 0.4) is 0 Å². The molecule has 27 heavy (non-hydrogen) atoms. The van der Waals surface area contributed by atoms with Crippen molar-refractivity contribution in [2.24, 2.45) is 0 Å². The van der Waals surface area contributed by atoms with E-state index in [-0.39, 0.29) is 16.9 Å². The summed E-state index contributed by atoms with van der Waals surface area (Å²) in [5.74, 6) is -0.365. The third-order valence-corrected chi connectivity index (χ3v) is 5.74. The molecule has 2 nitrogen and oxygen atoms in total. The third kappa shape index (κ3) is 3.67. The highest BCUT2D eigenvalue weighted by Gasteiger charge is 2.28. The van der Waals surface area contributed by atoms with Crippen LogP contribution in [0.25, 0.3) is 0 Å². The molecular formula is C23H24ClFN2. The van der Waals surface area contributed by atoms with E-state index in [1.54, 1.807) is 6.07 Å². The normalized spacial score (nSPS) is 17.6. The Morgan fingerprint density at radius 1 is 1.07 bits per heavy atom. The van der Waals surface area contributed by atoms with Crippen LogP contribution in [0.15, 0.2) is 54.7 Å². The number of aromatic nitrogens is 1. The minimum absolute atomic E-state index is 0.172. The SMILES string of the molecule is Cc1ccc(C)c([C@@H]2c3cccn3CCCN2Cc2ccc(F)c(Cl)c2)c1. The van der Waals surface area contributed by atoms with E-state index in [0.717, 1.165) is 31.6 Å². The lowest BCUT2D eigenvalue weighted by Crippen LogP contribution is -2.30. The van der Waals surface area contributed by atoms with Gasteiger partial charge in [-0.1, -0.05) is 41.4 Å². The van der Waals surface area contributed by atoms with Gasteiger partial charge in [0.1, 0.15) is 5.82 Å². The molecule has 0 unspecified atom stereocenters. The maximum atomic E-state index is 13.6. The number of rotatable bonds is 3. The van der Waals surface area contributed by atoms with E-state index in [9.17, 15) is 4.39 Å². The first-order valence-corrected chi connectivity index (χ1v) is 9.81. The molecule has 2 aromatic carbocycles. The molecule has 1 aliphatic rings. The largest absolute Gasteiger partial charge is 0.350 e. The van der Waals surface area contributed by atoms with Crippen molar-refractivity contribution in [1.82, 2.24) is 9.47 Å². The highest BCUT2D eigenvalue weighted by molar-refractivity contribution is 6.30. The smallest absolute Gasteiger partial charge is 0.141 e. The molecule has 0 bridgehead atoms. The van der Waals surface area contributed by atoms with Gasteiger partial charge >= 0.3 is 0 Å².